The van der Waals surface area contributed by atoms with Crippen molar-refractivity contribution in [2.45, 2.75) is 47.1 Å². The maximum Gasteiger partial charge on any atom is 0.0326 e. The van der Waals surface area contributed by atoms with Gasteiger partial charge in [0.2, 0.25) is 0 Å². The van der Waals surface area contributed by atoms with Crippen LogP contribution in [-0.2, 0) is 0 Å². The highest BCUT2D eigenvalue weighted by Crippen LogP contribution is 2.28. The van der Waals surface area contributed by atoms with Crippen molar-refractivity contribution in [2.75, 3.05) is 0 Å². The summed E-state index contributed by atoms with van der Waals surface area (Å²) in [5.41, 5.74) is 11.6. The van der Waals surface area contributed by atoms with Crippen molar-refractivity contribution < 1.29 is 0 Å². The van der Waals surface area contributed by atoms with Crippen LogP contribution >= 0.6 is 0 Å². The maximum absolute atomic E-state index is 6.30. The van der Waals surface area contributed by atoms with Gasteiger partial charge in [-0.3, -0.25) is 0 Å². The van der Waals surface area contributed by atoms with Crippen LogP contribution in [0.1, 0.15) is 48.6 Å². The van der Waals surface area contributed by atoms with E-state index in [2.05, 4.69) is 46.8 Å². The quantitative estimate of drug-likeness (QED) is 0.800. The van der Waals surface area contributed by atoms with Crippen molar-refractivity contribution in [1.29, 1.82) is 0 Å². The summed E-state index contributed by atoms with van der Waals surface area (Å²) < 4.78 is 0. The highest BCUT2D eigenvalue weighted by Gasteiger charge is 2.17. The first kappa shape index (κ1) is 12.3. The molecule has 1 rings (SSSR count). The van der Waals surface area contributed by atoms with E-state index in [4.69, 9.17) is 5.73 Å². The van der Waals surface area contributed by atoms with E-state index in [1.807, 2.05) is 0 Å². The number of hydrogen-bond acceptors (Lipinski definition) is 1. The third kappa shape index (κ3) is 2.60. The predicted octanol–water partition coefficient (Wildman–Crippen LogP) is 3.66. The fourth-order valence-corrected chi connectivity index (χ4v) is 2.26. The van der Waals surface area contributed by atoms with Gasteiger partial charge in [0.1, 0.15) is 0 Å². The minimum atomic E-state index is 0.176. The van der Waals surface area contributed by atoms with Crippen molar-refractivity contribution >= 4 is 0 Å². The summed E-state index contributed by atoms with van der Waals surface area (Å²) in [6, 6.07) is 4.63. The van der Waals surface area contributed by atoms with Gasteiger partial charge in [-0.15, -0.1) is 0 Å². The van der Waals surface area contributed by atoms with Crippen LogP contribution in [0.3, 0.4) is 0 Å². The fraction of sp³-hybridized carbons (Fsp3) is 0.571. The van der Waals surface area contributed by atoms with Crippen molar-refractivity contribution in [2.24, 2.45) is 11.7 Å². The van der Waals surface area contributed by atoms with Crippen LogP contribution in [0.2, 0.25) is 0 Å². The monoisotopic (exact) mass is 205 g/mol. The third-order valence-corrected chi connectivity index (χ3v) is 3.33. The Bertz CT molecular complexity index is 318. The first-order chi connectivity index (χ1) is 6.97. The summed E-state index contributed by atoms with van der Waals surface area (Å²) in [6.07, 6.45) is 1.13. The SMILES string of the molecule is CCC(C)[C@H](N)c1c(C)cc(C)cc1C. The van der Waals surface area contributed by atoms with Crippen molar-refractivity contribution in [1.82, 2.24) is 0 Å². The Hall–Kier alpha value is -0.820. The molecule has 1 heteroatoms. The second kappa shape index (κ2) is 4.80. The van der Waals surface area contributed by atoms with Gasteiger partial charge in [0, 0.05) is 6.04 Å². The van der Waals surface area contributed by atoms with Gasteiger partial charge in [0.05, 0.1) is 0 Å². The Morgan fingerprint density at radius 1 is 1.13 bits per heavy atom. The molecule has 1 nitrogen and oxygen atoms in total. The molecule has 2 atom stereocenters. The Morgan fingerprint density at radius 2 is 1.60 bits per heavy atom. The van der Waals surface area contributed by atoms with Gasteiger partial charge in [-0.25, -0.2) is 0 Å². The van der Waals surface area contributed by atoms with E-state index in [0.717, 1.165) is 6.42 Å². The minimum Gasteiger partial charge on any atom is -0.324 e. The lowest BCUT2D eigenvalue weighted by atomic mass is 9.87. The first-order valence-electron chi connectivity index (χ1n) is 5.80. The van der Waals surface area contributed by atoms with Crippen LogP contribution in [-0.4, -0.2) is 0 Å². The molecule has 0 aromatic heterocycles. The Balaban J connectivity index is 3.13. The van der Waals surface area contributed by atoms with Gasteiger partial charge in [-0.05, 0) is 43.4 Å². The summed E-state index contributed by atoms with van der Waals surface area (Å²) in [4.78, 5) is 0. The van der Waals surface area contributed by atoms with E-state index in [0.29, 0.717) is 5.92 Å². The lowest BCUT2D eigenvalue weighted by Crippen LogP contribution is -2.20. The van der Waals surface area contributed by atoms with Crippen LogP contribution in [0.5, 0.6) is 0 Å². The molecule has 1 unspecified atom stereocenters. The van der Waals surface area contributed by atoms with E-state index in [1.165, 1.54) is 22.3 Å². The number of nitrogens with two attached hydrogens (primary N) is 1. The smallest absolute Gasteiger partial charge is 0.0326 e. The molecular formula is C14H23N. The van der Waals surface area contributed by atoms with E-state index >= 15 is 0 Å². The molecule has 0 radical (unpaired) electrons. The molecule has 1 aromatic rings. The van der Waals surface area contributed by atoms with Crippen LogP contribution in [0, 0.1) is 26.7 Å². The van der Waals surface area contributed by atoms with Gasteiger partial charge in [-0.1, -0.05) is 38.0 Å². The summed E-state index contributed by atoms with van der Waals surface area (Å²) in [5.74, 6) is 0.546. The normalized spacial score (nSPS) is 15.1. The standard InChI is InChI=1S/C14H23N/c1-6-10(3)14(15)13-11(4)7-9(2)8-12(13)5/h7-8,10,14H,6,15H2,1-5H3/t10?,14-/m0/s1. The van der Waals surface area contributed by atoms with Crippen LogP contribution in [0.4, 0.5) is 0 Å². The molecule has 0 aliphatic rings. The molecule has 0 bridgehead atoms. The van der Waals surface area contributed by atoms with E-state index in [9.17, 15) is 0 Å². The van der Waals surface area contributed by atoms with Crippen LogP contribution in [0.15, 0.2) is 12.1 Å². The molecule has 0 saturated heterocycles. The Labute approximate surface area is 93.7 Å². The molecule has 0 aliphatic carbocycles. The number of hydrogen-bond donors (Lipinski definition) is 1. The Morgan fingerprint density at radius 3 is 2.00 bits per heavy atom. The zero-order chi connectivity index (χ0) is 11.6. The van der Waals surface area contributed by atoms with E-state index < -0.39 is 0 Å². The second-order valence-corrected chi connectivity index (χ2v) is 4.72. The van der Waals surface area contributed by atoms with Crippen molar-refractivity contribution in [3.05, 3.63) is 34.4 Å². The van der Waals surface area contributed by atoms with Crippen molar-refractivity contribution in [3.63, 3.8) is 0 Å². The molecule has 0 fully saturated rings. The van der Waals surface area contributed by atoms with Gasteiger partial charge in [0.15, 0.2) is 0 Å². The zero-order valence-electron chi connectivity index (χ0n) is 10.6. The maximum atomic E-state index is 6.30. The van der Waals surface area contributed by atoms with Gasteiger partial charge in [-0.2, -0.15) is 0 Å². The largest absolute Gasteiger partial charge is 0.324 e. The molecule has 84 valence electrons. The molecule has 15 heavy (non-hydrogen) atoms. The molecule has 0 spiro atoms. The number of aryl methyl sites for hydroxylation is 3. The van der Waals surface area contributed by atoms with Gasteiger partial charge >= 0.3 is 0 Å². The van der Waals surface area contributed by atoms with Crippen LogP contribution in [0.25, 0.3) is 0 Å². The van der Waals surface area contributed by atoms with E-state index in [1.54, 1.807) is 0 Å². The summed E-state index contributed by atoms with van der Waals surface area (Å²) >= 11 is 0. The molecule has 0 saturated carbocycles. The highest BCUT2D eigenvalue weighted by atomic mass is 14.6. The summed E-state index contributed by atoms with van der Waals surface area (Å²) in [6.45, 7) is 10.9. The average molecular weight is 205 g/mol. The molecule has 0 heterocycles. The lowest BCUT2D eigenvalue weighted by molar-refractivity contribution is 0.454. The van der Waals surface area contributed by atoms with Gasteiger partial charge < -0.3 is 5.73 Å². The minimum absolute atomic E-state index is 0.176. The van der Waals surface area contributed by atoms with Crippen LogP contribution < -0.4 is 5.73 Å². The molecule has 0 amide bonds. The average Bonchev–Trinajstić information content (AvgIpc) is 2.14. The molecule has 2 N–H and O–H groups in total. The Kier molecular flexibility index (Phi) is 3.92. The fourth-order valence-electron chi connectivity index (χ4n) is 2.26. The van der Waals surface area contributed by atoms with Crippen molar-refractivity contribution in [3.8, 4) is 0 Å². The molecule has 1 aromatic carbocycles. The highest BCUT2D eigenvalue weighted by molar-refractivity contribution is 5.39. The van der Waals surface area contributed by atoms with E-state index in [-0.39, 0.29) is 6.04 Å². The number of benzene rings is 1. The summed E-state index contributed by atoms with van der Waals surface area (Å²) in [5, 5.41) is 0. The third-order valence-electron chi connectivity index (χ3n) is 3.33. The molecule has 0 aliphatic heterocycles. The number of rotatable bonds is 3. The summed E-state index contributed by atoms with van der Waals surface area (Å²) in [7, 11) is 0. The topological polar surface area (TPSA) is 26.0 Å². The first-order valence-corrected chi connectivity index (χ1v) is 5.80. The predicted molar refractivity (Wildman–Crippen MR) is 67.0 cm³/mol. The lowest BCUT2D eigenvalue weighted by Gasteiger charge is -2.23. The molecular weight excluding hydrogens is 182 g/mol. The second-order valence-electron chi connectivity index (χ2n) is 4.72. The van der Waals surface area contributed by atoms with Gasteiger partial charge in [0.25, 0.3) is 0 Å². The zero-order valence-corrected chi connectivity index (χ0v) is 10.6.